The van der Waals surface area contributed by atoms with Crippen LogP contribution < -0.4 is 16.0 Å². The van der Waals surface area contributed by atoms with Crippen LogP contribution in [-0.2, 0) is 10.5 Å². The van der Waals surface area contributed by atoms with Crippen LogP contribution in [0, 0.1) is 5.82 Å². The molecule has 2 aromatic rings. The van der Waals surface area contributed by atoms with Gasteiger partial charge in [0.05, 0.1) is 13.2 Å². The zero-order chi connectivity index (χ0) is 16.9. The molecule has 8 heteroatoms. The Kier molecular flexibility index (Phi) is 5.37. The summed E-state index contributed by atoms with van der Waals surface area (Å²) in [6.45, 7) is 2.81. The molecule has 3 N–H and O–H groups in total. The summed E-state index contributed by atoms with van der Waals surface area (Å²) in [4.78, 5) is 11.2. The molecule has 0 unspecified atom stereocenters. The summed E-state index contributed by atoms with van der Waals surface area (Å²) in [6.07, 6.45) is 0. The lowest BCUT2D eigenvalue weighted by molar-refractivity contribution is 0.122. The van der Waals surface area contributed by atoms with Crippen LogP contribution in [0.15, 0.2) is 29.4 Å². The zero-order valence-electron chi connectivity index (χ0n) is 13.5. The van der Waals surface area contributed by atoms with E-state index in [-0.39, 0.29) is 5.82 Å². The van der Waals surface area contributed by atoms with Crippen molar-refractivity contribution in [2.24, 2.45) is 0 Å². The monoisotopic (exact) mass is 349 g/mol. The maximum Gasteiger partial charge on any atom is 0.191 e. The Morgan fingerprint density at radius 1 is 1.33 bits per heavy atom. The largest absolute Gasteiger partial charge is 0.393 e. The molecule has 1 fully saturated rings. The standard InChI is InChI=1S/C16H20FN5OS/c1-19-14-13(18)15(22-5-7-23-8-6-22)21-16(20-14)24-10-11-3-2-4-12(17)9-11/h2-4,9H,5-8,10,18H2,1H3,(H,19,20,21). The Morgan fingerprint density at radius 2 is 2.12 bits per heavy atom. The summed E-state index contributed by atoms with van der Waals surface area (Å²) >= 11 is 1.46. The van der Waals surface area contributed by atoms with E-state index in [1.807, 2.05) is 6.07 Å². The van der Waals surface area contributed by atoms with Gasteiger partial charge < -0.3 is 20.7 Å². The number of halogens is 1. The third-order valence-electron chi connectivity index (χ3n) is 3.71. The van der Waals surface area contributed by atoms with Crippen LogP contribution in [0.1, 0.15) is 5.56 Å². The average molecular weight is 349 g/mol. The lowest BCUT2D eigenvalue weighted by Crippen LogP contribution is -2.37. The summed E-state index contributed by atoms with van der Waals surface area (Å²) in [7, 11) is 1.78. The number of ether oxygens (including phenoxy) is 1. The highest BCUT2D eigenvalue weighted by Gasteiger charge is 2.19. The minimum absolute atomic E-state index is 0.240. The lowest BCUT2D eigenvalue weighted by atomic mass is 10.2. The number of hydrogen-bond donors (Lipinski definition) is 2. The van der Waals surface area contributed by atoms with Crippen molar-refractivity contribution in [3.8, 4) is 0 Å². The molecule has 1 aliphatic rings. The fraction of sp³-hybridized carbons (Fsp3) is 0.375. The van der Waals surface area contributed by atoms with Crippen LogP contribution in [0.2, 0.25) is 0 Å². The van der Waals surface area contributed by atoms with Gasteiger partial charge in [0.1, 0.15) is 11.5 Å². The number of benzene rings is 1. The van der Waals surface area contributed by atoms with Gasteiger partial charge in [-0.2, -0.15) is 0 Å². The van der Waals surface area contributed by atoms with E-state index in [9.17, 15) is 4.39 Å². The zero-order valence-corrected chi connectivity index (χ0v) is 14.3. The number of anilines is 3. The molecule has 0 amide bonds. The van der Waals surface area contributed by atoms with Gasteiger partial charge in [-0.25, -0.2) is 14.4 Å². The predicted octanol–water partition coefficient (Wildman–Crippen LogP) is 2.37. The second-order valence-corrected chi connectivity index (χ2v) is 6.30. The Balaban J connectivity index is 1.81. The molecule has 2 heterocycles. The maximum absolute atomic E-state index is 13.3. The van der Waals surface area contributed by atoms with E-state index in [0.717, 1.165) is 24.5 Å². The molecule has 1 aliphatic heterocycles. The summed E-state index contributed by atoms with van der Waals surface area (Å²) < 4.78 is 18.7. The molecule has 128 valence electrons. The van der Waals surface area contributed by atoms with Crippen molar-refractivity contribution in [2.45, 2.75) is 10.9 Å². The molecule has 1 aromatic heterocycles. The molecule has 1 aromatic carbocycles. The van der Waals surface area contributed by atoms with Gasteiger partial charge in [-0.3, -0.25) is 0 Å². The van der Waals surface area contributed by atoms with E-state index in [4.69, 9.17) is 10.5 Å². The quantitative estimate of drug-likeness (QED) is 0.634. The number of nitrogens with zero attached hydrogens (tertiary/aromatic N) is 3. The topological polar surface area (TPSA) is 76.3 Å². The number of morpholine rings is 1. The Labute approximate surface area is 144 Å². The minimum atomic E-state index is -0.240. The molecule has 0 bridgehead atoms. The first-order chi connectivity index (χ1) is 11.7. The summed E-state index contributed by atoms with van der Waals surface area (Å²) in [5.74, 6) is 1.68. The normalized spacial score (nSPS) is 14.7. The third-order valence-corrected chi connectivity index (χ3v) is 4.63. The molecule has 0 spiro atoms. The fourth-order valence-electron chi connectivity index (χ4n) is 2.48. The first-order valence-corrected chi connectivity index (χ1v) is 8.71. The molecule has 0 aliphatic carbocycles. The SMILES string of the molecule is CNc1nc(SCc2cccc(F)c2)nc(N2CCOCC2)c1N. The van der Waals surface area contributed by atoms with Crippen LogP contribution in [0.3, 0.4) is 0 Å². The highest BCUT2D eigenvalue weighted by molar-refractivity contribution is 7.98. The van der Waals surface area contributed by atoms with Crippen molar-refractivity contribution in [2.75, 3.05) is 49.3 Å². The molecular weight excluding hydrogens is 329 g/mol. The molecule has 1 saturated heterocycles. The van der Waals surface area contributed by atoms with Crippen molar-refractivity contribution < 1.29 is 9.13 Å². The van der Waals surface area contributed by atoms with Crippen molar-refractivity contribution in [1.82, 2.24) is 9.97 Å². The molecule has 0 radical (unpaired) electrons. The van der Waals surface area contributed by atoms with Crippen molar-refractivity contribution in [3.05, 3.63) is 35.6 Å². The van der Waals surface area contributed by atoms with Gasteiger partial charge in [-0.15, -0.1) is 0 Å². The van der Waals surface area contributed by atoms with Crippen molar-refractivity contribution in [3.63, 3.8) is 0 Å². The molecule has 0 atom stereocenters. The number of nitrogens with two attached hydrogens (primary N) is 1. The fourth-order valence-corrected chi connectivity index (χ4v) is 3.27. The van der Waals surface area contributed by atoms with E-state index in [0.29, 0.717) is 35.6 Å². The van der Waals surface area contributed by atoms with E-state index in [1.54, 1.807) is 13.1 Å². The van der Waals surface area contributed by atoms with Crippen LogP contribution in [0.25, 0.3) is 0 Å². The summed E-state index contributed by atoms with van der Waals surface area (Å²) in [5, 5.41) is 3.63. The minimum Gasteiger partial charge on any atom is -0.393 e. The second kappa shape index (κ2) is 7.67. The molecule has 0 saturated carbocycles. The predicted molar refractivity (Wildman–Crippen MR) is 95.0 cm³/mol. The number of rotatable bonds is 5. The van der Waals surface area contributed by atoms with Gasteiger partial charge >= 0.3 is 0 Å². The smallest absolute Gasteiger partial charge is 0.191 e. The Morgan fingerprint density at radius 3 is 2.83 bits per heavy atom. The number of nitrogens with one attached hydrogen (secondary N) is 1. The second-order valence-electron chi connectivity index (χ2n) is 5.36. The van der Waals surface area contributed by atoms with Crippen LogP contribution in [0.5, 0.6) is 0 Å². The Hall–Kier alpha value is -2.06. The van der Waals surface area contributed by atoms with Gasteiger partial charge in [0.25, 0.3) is 0 Å². The summed E-state index contributed by atoms with van der Waals surface area (Å²) in [6, 6.07) is 6.54. The molecule has 3 rings (SSSR count). The average Bonchev–Trinajstić information content (AvgIpc) is 2.61. The molecule has 24 heavy (non-hydrogen) atoms. The van der Waals surface area contributed by atoms with Gasteiger partial charge in [0, 0.05) is 25.9 Å². The summed E-state index contributed by atoms with van der Waals surface area (Å²) in [5.41, 5.74) is 7.62. The van der Waals surface area contributed by atoms with E-state index >= 15 is 0 Å². The van der Waals surface area contributed by atoms with Gasteiger partial charge in [-0.1, -0.05) is 23.9 Å². The van der Waals surface area contributed by atoms with Crippen LogP contribution in [-0.4, -0.2) is 43.3 Å². The lowest BCUT2D eigenvalue weighted by Gasteiger charge is -2.29. The maximum atomic E-state index is 13.3. The highest BCUT2D eigenvalue weighted by Crippen LogP contribution is 2.31. The number of nitrogen functional groups attached to an aromatic ring is 1. The number of hydrogen-bond acceptors (Lipinski definition) is 7. The highest BCUT2D eigenvalue weighted by atomic mass is 32.2. The van der Waals surface area contributed by atoms with Gasteiger partial charge in [0.2, 0.25) is 0 Å². The Bertz CT molecular complexity index is 709. The molecule has 6 nitrogen and oxygen atoms in total. The van der Waals surface area contributed by atoms with Gasteiger partial charge in [0.15, 0.2) is 16.8 Å². The van der Waals surface area contributed by atoms with Crippen molar-refractivity contribution in [1.29, 1.82) is 0 Å². The third kappa shape index (κ3) is 3.88. The number of thioether (sulfide) groups is 1. The van der Waals surface area contributed by atoms with E-state index in [1.165, 1.54) is 23.9 Å². The first-order valence-electron chi connectivity index (χ1n) is 7.72. The van der Waals surface area contributed by atoms with E-state index < -0.39 is 0 Å². The first kappa shape index (κ1) is 16.8. The van der Waals surface area contributed by atoms with Gasteiger partial charge in [-0.05, 0) is 17.7 Å². The number of aromatic nitrogens is 2. The van der Waals surface area contributed by atoms with E-state index in [2.05, 4.69) is 20.2 Å². The van der Waals surface area contributed by atoms with Crippen molar-refractivity contribution >= 4 is 29.1 Å². The van der Waals surface area contributed by atoms with Crippen LogP contribution in [0.4, 0.5) is 21.7 Å². The van der Waals surface area contributed by atoms with Crippen LogP contribution >= 0.6 is 11.8 Å². The molecular formula is C16H20FN5OS.